The fourth-order valence-electron chi connectivity index (χ4n) is 0.167. The molecule has 0 atom stereocenters. The van der Waals surface area contributed by atoms with Gasteiger partial charge in [0, 0.05) is 14.2 Å². The fraction of sp³-hybridized carbons (Fsp3) is 0.250. The Kier molecular flexibility index (Phi) is 70300. The summed E-state index contributed by atoms with van der Waals surface area (Å²) in [7, 11) is 3.30. The van der Waals surface area contributed by atoms with Crippen LogP contribution in [0.3, 0.4) is 0 Å². The molecule has 0 unspecified atom stereocenters. The van der Waals surface area contributed by atoms with Gasteiger partial charge in [-0.15, -0.1) is 0 Å². The van der Waals surface area contributed by atoms with Gasteiger partial charge in [0.05, 0.1) is 13.2 Å². The van der Waals surface area contributed by atoms with Crippen LogP contribution in [0.25, 0.3) is 0 Å². The normalized spacial score (nSPS) is 2.00. The maximum absolute atomic E-state index is 6.25. The Morgan fingerprint density at radius 1 is 0.333 bits per heavy atom. The average molecular weight is 871 g/mol. The molecule has 0 saturated carbocycles. The molecule has 0 aromatic carbocycles. The molecular formula is C16H12Cl2Co2N12O3Zn4. The molecule has 2 N–H and O–H groups in total. The van der Waals surface area contributed by atoms with Crippen LogP contribution < -0.4 is 24.8 Å². The molecule has 0 aromatic heterocycles. The van der Waals surface area contributed by atoms with E-state index < -0.39 is 0 Å². The summed E-state index contributed by atoms with van der Waals surface area (Å²) in [5.41, 5.74) is 0. The summed E-state index contributed by atoms with van der Waals surface area (Å²) in [5, 5.41) is 75.0. The number of halogens is 2. The minimum Gasteiger partial charge on any atom is -1.00 e. The Bertz CT molecular complexity index is 318. The topological polar surface area (TPSA) is 335 Å². The molecule has 0 aliphatic rings. The van der Waals surface area contributed by atoms with E-state index in [0.29, 0.717) is 13.2 Å². The van der Waals surface area contributed by atoms with Crippen LogP contribution in [0.2, 0.25) is 0 Å². The van der Waals surface area contributed by atoms with Crippen LogP contribution in [0, 0.1) is 142 Å². The first kappa shape index (κ1) is 215. The number of hydrogen-bond donors (Lipinski definition) is 0. The summed E-state index contributed by atoms with van der Waals surface area (Å²) in [6.45, 7) is 58.4. The first-order valence-electron chi connectivity index (χ1n) is 4.58. The third-order valence-corrected chi connectivity index (χ3v) is 0.492. The van der Waals surface area contributed by atoms with E-state index in [1.165, 1.54) is 0 Å². The predicted octanol–water partition coefficient (Wildman–Crippen LogP) is -5.40. The largest absolute Gasteiger partial charge is 3.00 e. The van der Waals surface area contributed by atoms with Crippen LogP contribution in [0.1, 0.15) is 0 Å². The molecule has 0 fully saturated rings. The zero-order chi connectivity index (χ0) is 28.8. The van der Waals surface area contributed by atoms with Gasteiger partial charge >= 0.3 is 111 Å². The van der Waals surface area contributed by atoms with Crippen molar-refractivity contribution in [3.05, 3.63) is 78.9 Å². The van der Waals surface area contributed by atoms with Crippen molar-refractivity contribution in [2.75, 3.05) is 27.4 Å². The van der Waals surface area contributed by atoms with E-state index in [0.717, 1.165) is 0 Å². The van der Waals surface area contributed by atoms with Crippen LogP contribution >= 0.6 is 0 Å². The molecule has 0 bridgehead atoms. The molecule has 39 heavy (non-hydrogen) atoms. The Hall–Kier alpha value is -2.15. The summed E-state index contributed by atoms with van der Waals surface area (Å²) >= 11 is 0. The molecule has 0 rings (SSSR count). The summed E-state index contributed by atoms with van der Waals surface area (Å²) in [6, 6.07) is 0. The van der Waals surface area contributed by atoms with E-state index in [2.05, 4.69) is 9.47 Å². The molecule has 0 aliphatic heterocycles. The second-order valence-electron chi connectivity index (χ2n) is 0.986. The minimum atomic E-state index is 0. The molecule has 0 saturated heterocycles. The van der Waals surface area contributed by atoms with Crippen molar-refractivity contribution < 1.29 is 151 Å². The minimum absolute atomic E-state index is 0. The maximum Gasteiger partial charge on any atom is 3.00 e. The van der Waals surface area contributed by atoms with Crippen LogP contribution in [-0.2, 0) is 121 Å². The van der Waals surface area contributed by atoms with Gasteiger partial charge < -0.3 is 182 Å². The number of rotatable bonds is 3. The maximum atomic E-state index is 6.25. The van der Waals surface area contributed by atoms with E-state index in [-0.39, 0.29) is 142 Å². The standard InChI is InChI=1S/C4H10O2.12CN.2ClH.2Co.H2O.4Zn/c1-5-3-4-6-2;12*1-2;;;;;;;;;/h3-4H2,1-2H3;;;;;;;;;;;;;2*1H;;;1H2;;;;/q;12*-1;;;2*+3;;4*+2/p-2. The SMILES string of the molecule is COCCOC.O.[C-]#N.[C-]#N.[C-]#N.[C-]#N.[C-]#N.[C-]#N.[C-]#N.[C-]#N.[C-]#N.[C-]#N.[C-]#N.[C-]#N.[Cl-].[Cl-].[Co+3].[Co+3].[Zn+2].[Zn+2].[Zn+2].[Zn+2]. The molecule has 15 nitrogen and oxygen atoms in total. The molecule has 0 aromatic rings. The second kappa shape index (κ2) is 12800. The van der Waals surface area contributed by atoms with Crippen LogP contribution in [0.4, 0.5) is 0 Å². The molecule has 0 spiro atoms. The Labute approximate surface area is 317 Å². The summed E-state index contributed by atoms with van der Waals surface area (Å²) < 4.78 is 9.31. The third kappa shape index (κ3) is 57300. The van der Waals surface area contributed by atoms with Gasteiger partial charge in [0.15, 0.2) is 0 Å². The summed E-state index contributed by atoms with van der Waals surface area (Å²) in [4.78, 5) is 0. The smallest absolute Gasteiger partial charge is 1.00 e. The number of nitrogens with zero attached hydrogens (tertiary/aromatic N) is 12. The van der Waals surface area contributed by atoms with Gasteiger partial charge in [0.1, 0.15) is 0 Å². The van der Waals surface area contributed by atoms with Gasteiger partial charge in [-0.3, -0.25) is 0 Å². The second-order valence-corrected chi connectivity index (χ2v) is 0.986. The Morgan fingerprint density at radius 2 is 0.385 bits per heavy atom. The van der Waals surface area contributed by atoms with Crippen molar-refractivity contribution in [2.24, 2.45) is 0 Å². The van der Waals surface area contributed by atoms with Crippen molar-refractivity contribution in [1.82, 2.24) is 0 Å². The quantitative estimate of drug-likeness (QED) is 0.145. The van der Waals surface area contributed by atoms with E-state index in [1.807, 2.05) is 0 Å². The number of ether oxygens (including phenoxy) is 2. The van der Waals surface area contributed by atoms with Crippen LogP contribution in [-0.4, -0.2) is 32.9 Å². The molecule has 0 radical (unpaired) electrons. The molecule has 194 valence electrons. The average Bonchev–Trinajstić information content (AvgIpc) is 2.96. The van der Waals surface area contributed by atoms with Crippen molar-refractivity contribution in [3.63, 3.8) is 0 Å². The summed E-state index contributed by atoms with van der Waals surface area (Å²) in [5.74, 6) is 0. The number of hydrogen-bond acceptors (Lipinski definition) is 14. The zero-order valence-electron chi connectivity index (χ0n) is 20.3. The van der Waals surface area contributed by atoms with Crippen LogP contribution in [0.5, 0.6) is 0 Å². The van der Waals surface area contributed by atoms with Crippen LogP contribution in [0.15, 0.2) is 0 Å². The van der Waals surface area contributed by atoms with Gasteiger partial charge in [-0.1, -0.05) is 0 Å². The van der Waals surface area contributed by atoms with Crippen molar-refractivity contribution in [3.8, 4) is 0 Å². The molecular weight excluding hydrogens is 859 g/mol. The molecule has 23 heteroatoms. The van der Waals surface area contributed by atoms with Gasteiger partial charge in [-0.2, -0.15) is 0 Å². The number of methoxy groups -OCH3 is 2. The van der Waals surface area contributed by atoms with Crippen molar-refractivity contribution in [2.45, 2.75) is 0 Å². The third-order valence-electron chi connectivity index (χ3n) is 0.492. The van der Waals surface area contributed by atoms with Gasteiger partial charge in [0.25, 0.3) is 0 Å². The van der Waals surface area contributed by atoms with Gasteiger partial charge in [0.2, 0.25) is 0 Å². The molecule has 0 heterocycles. The molecule has 0 amide bonds. The van der Waals surface area contributed by atoms with Gasteiger partial charge in [-0.05, 0) is 0 Å². The Morgan fingerprint density at radius 3 is 0.410 bits per heavy atom. The van der Waals surface area contributed by atoms with Crippen molar-refractivity contribution in [1.29, 1.82) is 63.1 Å². The monoisotopic (exact) mass is 864 g/mol. The first-order chi connectivity index (χ1) is 14.9. The summed E-state index contributed by atoms with van der Waals surface area (Å²) in [6.07, 6.45) is 0. The van der Waals surface area contributed by atoms with E-state index in [4.69, 9.17) is 142 Å². The van der Waals surface area contributed by atoms with Gasteiger partial charge in [-0.25, -0.2) is 0 Å². The van der Waals surface area contributed by atoms with E-state index in [9.17, 15) is 0 Å². The van der Waals surface area contributed by atoms with Crippen molar-refractivity contribution >= 4 is 0 Å². The van der Waals surface area contributed by atoms with E-state index in [1.54, 1.807) is 14.2 Å². The predicted molar refractivity (Wildman–Crippen MR) is 87.0 cm³/mol. The Balaban J connectivity index is -0.00000000404. The fourth-order valence-corrected chi connectivity index (χ4v) is 0.167. The zero-order valence-corrected chi connectivity index (χ0v) is 35.8. The molecule has 0 aliphatic carbocycles. The first-order valence-corrected chi connectivity index (χ1v) is 4.58. The van der Waals surface area contributed by atoms with E-state index >= 15 is 0 Å².